The number of rotatable bonds is 9. The molecular formula is C36H36F4N4O5. The van der Waals surface area contributed by atoms with Crippen LogP contribution in [0, 0.1) is 5.92 Å². The van der Waals surface area contributed by atoms with Gasteiger partial charge in [-0.2, -0.15) is 0 Å². The monoisotopic (exact) mass is 680 g/mol. The summed E-state index contributed by atoms with van der Waals surface area (Å²) in [4.78, 5) is 31.7. The summed E-state index contributed by atoms with van der Waals surface area (Å²) in [5.41, 5.74) is 3.43. The molecule has 13 heteroatoms. The molecule has 2 aliphatic rings. The van der Waals surface area contributed by atoms with Crippen molar-refractivity contribution in [2.75, 3.05) is 18.8 Å². The van der Waals surface area contributed by atoms with Crippen LogP contribution in [-0.4, -0.2) is 56.0 Å². The number of piperidine rings is 1. The van der Waals surface area contributed by atoms with Crippen LogP contribution in [0.2, 0.25) is 0 Å². The van der Waals surface area contributed by atoms with Gasteiger partial charge >= 0.3 is 0 Å². The first kappa shape index (κ1) is 34.0. The van der Waals surface area contributed by atoms with Crippen molar-refractivity contribution >= 4 is 11.6 Å². The van der Waals surface area contributed by atoms with E-state index in [0.29, 0.717) is 17.9 Å². The lowest BCUT2D eigenvalue weighted by Gasteiger charge is -2.46. The van der Waals surface area contributed by atoms with Crippen LogP contribution in [-0.2, 0) is 17.9 Å². The molecule has 49 heavy (non-hydrogen) atoms. The summed E-state index contributed by atoms with van der Waals surface area (Å²) in [6.45, 7) is -1.95. The Bertz CT molecular complexity index is 1840. The molecule has 6 rings (SSSR count). The van der Waals surface area contributed by atoms with E-state index in [9.17, 15) is 23.5 Å². The minimum absolute atomic E-state index is 0.155. The van der Waals surface area contributed by atoms with Gasteiger partial charge in [0, 0.05) is 43.7 Å². The highest BCUT2D eigenvalue weighted by Gasteiger charge is 2.58. The number of nitrogens with two attached hydrogens (primary N) is 1. The van der Waals surface area contributed by atoms with Crippen LogP contribution in [0.1, 0.15) is 42.7 Å². The Labute approximate surface area is 279 Å². The van der Waals surface area contributed by atoms with E-state index in [1.165, 1.54) is 0 Å². The quantitative estimate of drug-likeness (QED) is 0.208. The molecule has 1 aliphatic carbocycles. The van der Waals surface area contributed by atoms with Crippen LogP contribution in [0.3, 0.4) is 0 Å². The Morgan fingerprint density at radius 1 is 0.959 bits per heavy atom. The Balaban J connectivity index is 1.13. The zero-order valence-electron chi connectivity index (χ0n) is 26.5. The largest absolute Gasteiger partial charge is 0.489 e. The molecule has 258 valence electrons. The second-order valence-electron chi connectivity index (χ2n) is 12.7. The summed E-state index contributed by atoms with van der Waals surface area (Å²) in [6.07, 6.45) is -0.859. The van der Waals surface area contributed by atoms with Gasteiger partial charge in [0.05, 0.1) is 13.1 Å². The summed E-state index contributed by atoms with van der Waals surface area (Å²) >= 11 is 0. The number of halogens is 4. The summed E-state index contributed by atoms with van der Waals surface area (Å²) in [6, 6.07) is 24.5. The Kier molecular flexibility index (Phi) is 9.39. The number of benzene rings is 3. The zero-order valence-corrected chi connectivity index (χ0v) is 26.5. The molecule has 0 radical (unpaired) electrons. The number of aromatic nitrogens is 2. The van der Waals surface area contributed by atoms with Gasteiger partial charge in [0.25, 0.3) is 11.5 Å². The molecule has 1 amide bonds. The molecule has 1 aromatic heterocycles. The lowest BCUT2D eigenvalue weighted by molar-refractivity contribution is -0.223. The second-order valence-corrected chi connectivity index (χ2v) is 12.7. The smallest absolute Gasteiger partial charge is 0.295 e. The number of likely N-dealkylation sites (tertiary alicyclic amines) is 1. The van der Waals surface area contributed by atoms with Crippen molar-refractivity contribution in [2.24, 2.45) is 5.92 Å². The molecule has 2 fully saturated rings. The summed E-state index contributed by atoms with van der Waals surface area (Å²) in [5.74, 6) is -8.76. The van der Waals surface area contributed by atoms with Gasteiger partial charge in [0.2, 0.25) is 17.7 Å². The van der Waals surface area contributed by atoms with E-state index in [1.807, 2.05) is 30.3 Å². The van der Waals surface area contributed by atoms with E-state index in [0.717, 1.165) is 21.4 Å². The Morgan fingerprint density at radius 3 is 2.37 bits per heavy atom. The topological polar surface area (TPSA) is 120 Å². The van der Waals surface area contributed by atoms with Crippen molar-refractivity contribution in [3.05, 3.63) is 113 Å². The zero-order chi connectivity index (χ0) is 34.8. The third-order valence-corrected chi connectivity index (χ3v) is 9.28. The predicted octanol–water partition coefficient (Wildman–Crippen LogP) is 6.01. The molecule has 9 nitrogen and oxygen atoms in total. The van der Waals surface area contributed by atoms with Gasteiger partial charge in [-0.1, -0.05) is 66.7 Å². The number of alkyl halides is 4. The molecule has 3 N–H and O–H groups in total. The molecular weight excluding hydrogens is 644 g/mol. The van der Waals surface area contributed by atoms with Gasteiger partial charge in [0.1, 0.15) is 30.0 Å². The number of aliphatic hydroxyl groups is 1. The number of anilines is 1. The fraction of sp³-hybridized carbons (Fsp3) is 0.361. The van der Waals surface area contributed by atoms with Crippen molar-refractivity contribution in [1.29, 1.82) is 0 Å². The number of amides is 1. The standard InChI is InChI=1S/C36H36F4N4O5/c37-35(38)15-14-28(29(19-35)25-10-5-2-6-11-25)32(45)43-17-16-34(47,36(39,40)22-43)21-44-23-42-31(30(41)33(44)46)49-27-13-7-12-26(18-27)48-20-24-8-3-1-4-9-24/h1-13,18,23,28-29,47H,14-17,19-22,41H2/t28-,29+,34+/m1/s1. The molecule has 3 aromatic carbocycles. The number of carbonyl (C=O) groups is 1. The third kappa shape index (κ3) is 7.41. The van der Waals surface area contributed by atoms with E-state index in [2.05, 4.69) is 4.98 Å². The van der Waals surface area contributed by atoms with E-state index in [1.54, 1.807) is 54.6 Å². The molecule has 0 bridgehead atoms. The molecule has 1 saturated heterocycles. The van der Waals surface area contributed by atoms with Crippen LogP contribution >= 0.6 is 0 Å². The maximum Gasteiger partial charge on any atom is 0.295 e. The number of nitrogens with zero attached hydrogens (tertiary/aromatic N) is 3. The Hall–Kier alpha value is -4.91. The fourth-order valence-corrected chi connectivity index (χ4v) is 6.51. The third-order valence-electron chi connectivity index (χ3n) is 9.28. The van der Waals surface area contributed by atoms with Gasteiger partial charge in [-0.15, -0.1) is 0 Å². The highest BCUT2D eigenvalue weighted by Crippen LogP contribution is 2.47. The summed E-state index contributed by atoms with van der Waals surface area (Å²) in [7, 11) is 0. The second kappa shape index (κ2) is 13.5. The van der Waals surface area contributed by atoms with E-state index < -0.39 is 78.8 Å². The molecule has 0 spiro atoms. The highest BCUT2D eigenvalue weighted by molar-refractivity contribution is 5.80. The Morgan fingerprint density at radius 2 is 1.65 bits per heavy atom. The number of nitrogen functional groups attached to an aromatic ring is 1. The van der Waals surface area contributed by atoms with Crippen LogP contribution in [0.5, 0.6) is 17.4 Å². The van der Waals surface area contributed by atoms with Gasteiger partial charge in [-0.25, -0.2) is 22.5 Å². The van der Waals surface area contributed by atoms with Gasteiger partial charge in [-0.3, -0.25) is 14.2 Å². The van der Waals surface area contributed by atoms with Gasteiger partial charge in [0.15, 0.2) is 5.69 Å². The summed E-state index contributed by atoms with van der Waals surface area (Å²) in [5, 5.41) is 11.2. The molecule has 2 heterocycles. The average Bonchev–Trinajstić information content (AvgIpc) is 3.09. The lowest BCUT2D eigenvalue weighted by atomic mass is 9.73. The van der Waals surface area contributed by atoms with Crippen LogP contribution < -0.4 is 20.8 Å². The lowest BCUT2D eigenvalue weighted by Crippen LogP contribution is -2.64. The highest BCUT2D eigenvalue weighted by atomic mass is 19.3. The number of ether oxygens (including phenoxy) is 2. The first-order chi connectivity index (χ1) is 23.3. The molecule has 1 saturated carbocycles. The van der Waals surface area contributed by atoms with Gasteiger partial charge in [-0.05, 0) is 29.7 Å². The maximum absolute atomic E-state index is 15.7. The van der Waals surface area contributed by atoms with Crippen molar-refractivity contribution in [3.8, 4) is 17.4 Å². The van der Waals surface area contributed by atoms with E-state index >= 15 is 8.78 Å². The van der Waals surface area contributed by atoms with Crippen LogP contribution in [0.25, 0.3) is 0 Å². The summed E-state index contributed by atoms with van der Waals surface area (Å²) < 4.78 is 72.5. The maximum atomic E-state index is 15.7. The fourth-order valence-electron chi connectivity index (χ4n) is 6.51. The van der Waals surface area contributed by atoms with Crippen LogP contribution in [0.4, 0.5) is 23.2 Å². The molecule has 3 atom stereocenters. The van der Waals surface area contributed by atoms with Crippen molar-refractivity contribution < 1.29 is 36.9 Å². The molecule has 4 aromatic rings. The number of hydrogen-bond acceptors (Lipinski definition) is 7. The predicted molar refractivity (Wildman–Crippen MR) is 173 cm³/mol. The SMILES string of the molecule is Nc1c(Oc2cccc(OCc3ccccc3)c2)ncn(C[C@@]2(O)CCN(C(=O)[C@@H]3CCC(F)(F)C[C@H]3c3ccccc3)CC2(F)F)c1=O. The minimum Gasteiger partial charge on any atom is -0.489 e. The number of hydrogen-bond donors (Lipinski definition) is 2. The van der Waals surface area contributed by atoms with Crippen molar-refractivity contribution in [2.45, 2.75) is 62.2 Å². The minimum atomic E-state index is -3.86. The first-order valence-electron chi connectivity index (χ1n) is 16.0. The average molecular weight is 681 g/mol. The van der Waals surface area contributed by atoms with Crippen molar-refractivity contribution in [1.82, 2.24) is 14.5 Å². The van der Waals surface area contributed by atoms with Crippen LogP contribution in [0.15, 0.2) is 96.1 Å². The van der Waals surface area contributed by atoms with Gasteiger partial charge < -0.3 is 25.2 Å². The molecule has 1 aliphatic heterocycles. The molecule has 0 unspecified atom stereocenters. The van der Waals surface area contributed by atoms with Crippen molar-refractivity contribution in [3.63, 3.8) is 0 Å². The normalized spacial score (nSPS) is 23.1. The van der Waals surface area contributed by atoms with E-state index in [-0.39, 0.29) is 24.6 Å². The number of carbonyl (C=O) groups excluding carboxylic acids is 1. The van der Waals surface area contributed by atoms with E-state index in [4.69, 9.17) is 15.2 Å². The first-order valence-corrected chi connectivity index (χ1v) is 16.0.